The molecule has 0 radical (unpaired) electrons. The van der Waals surface area contributed by atoms with Gasteiger partial charge in [-0.2, -0.15) is 5.10 Å². The van der Waals surface area contributed by atoms with Gasteiger partial charge >= 0.3 is 0 Å². The van der Waals surface area contributed by atoms with Gasteiger partial charge in [0.25, 0.3) is 0 Å². The average molecular weight is 430 g/mol. The Morgan fingerprint density at radius 2 is 2.13 bits per heavy atom. The third-order valence-electron chi connectivity index (χ3n) is 6.63. The van der Waals surface area contributed by atoms with Gasteiger partial charge in [-0.25, -0.2) is 0 Å². The summed E-state index contributed by atoms with van der Waals surface area (Å²) in [5.74, 6) is 1.55. The number of carbonyl (C=O) groups is 1. The number of benzene rings is 1. The molecular weight excluding hydrogens is 402 g/mol. The van der Waals surface area contributed by atoms with Gasteiger partial charge in [-0.3, -0.25) is 9.89 Å². The van der Waals surface area contributed by atoms with Crippen molar-refractivity contribution in [2.75, 3.05) is 20.8 Å². The fraction of sp³-hybridized carbons (Fsp3) is 0.478. The molecule has 1 unspecified atom stereocenters. The Labute approximate surface area is 182 Å². The number of methoxy groups -OCH3 is 2. The second kappa shape index (κ2) is 7.99. The van der Waals surface area contributed by atoms with Gasteiger partial charge in [0.1, 0.15) is 11.5 Å². The summed E-state index contributed by atoms with van der Waals surface area (Å²) < 4.78 is 11.0. The molecule has 1 heterocycles. The molecule has 2 aliphatic carbocycles. The van der Waals surface area contributed by atoms with Crippen LogP contribution in [0.15, 0.2) is 18.7 Å². The molecule has 30 heavy (non-hydrogen) atoms. The van der Waals surface area contributed by atoms with Crippen molar-refractivity contribution in [3.05, 3.63) is 51.8 Å². The zero-order valence-corrected chi connectivity index (χ0v) is 18.5. The lowest BCUT2D eigenvalue weighted by Gasteiger charge is -2.27. The molecule has 2 N–H and O–H groups in total. The van der Waals surface area contributed by atoms with Gasteiger partial charge in [0, 0.05) is 23.7 Å². The summed E-state index contributed by atoms with van der Waals surface area (Å²) in [5, 5.41) is 11.6. The van der Waals surface area contributed by atoms with Gasteiger partial charge < -0.3 is 14.8 Å². The summed E-state index contributed by atoms with van der Waals surface area (Å²) in [7, 11) is 3.29. The van der Waals surface area contributed by atoms with Crippen LogP contribution in [-0.4, -0.2) is 36.9 Å². The number of amides is 1. The minimum atomic E-state index is -0.136. The lowest BCUT2D eigenvalue weighted by atomic mass is 9.79. The molecule has 1 fully saturated rings. The normalized spacial score (nSPS) is 19.0. The van der Waals surface area contributed by atoms with E-state index in [1.54, 1.807) is 14.2 Å². The van der Waals surface area contributed by atoms with Crippen molar-refractivity contribution in [3.63, 3.8) is 0 Å². The number of aromatic nitrogens is 2. The van der Waals surface area contributed by atoms with Crippen LogP contribution >= 0.6 is 11.6 Å². The highest BCUT2D eigenvalue weighted by atomic mass is 35.5. The van der Waals surface area contributed by atoms with Crippen LogP contribution in [0.2, 0.25) is 5.02 Å². The summed E-state index contributed by atoms with van der Waals surface area (Å²) >= 11 is 6.72. The maximum Gasteiger partial charge on any atom is 0.243 e. The monoisotopic (exact) mass is 429 g/mol. The number of H-pyrrole nitrogens is 1. The number of hydrogen-bond donors (Lipinski definition) is 2. The van der Waals surface area contributed by atoms with Crippen LogP contribution < -0.4 is 14.8 Å². The van der Waals surface area contributed by atoms with E-state index in [2.05, 4.69) is 23.9 Å². The molecule has 1 saturated carbocycles. The number of fused-ring (bicyclic) bond motifs is 1. The van der Waals surface area contributed by atoms with Gasteiger partial charge in [-0.1, -0.05) is 18.2 Å². The Morgan fingerprint density at radius 1 is 1.40 bits per heavy atom. The quantitative estimate of drug-likeness (QED) is 0.652. The first-order valence-corrected chi connectivity index (χ1v) is 10.7. The molecule has 1 amide bonds. The van der Waals surface area contributed by atoms with Gasteiger partial charge in [-0.05, 0) is 67.7 Å². The number of aromatic amines is 1. The predicted molar refractivity (Wildman–Crippen MR) is 117 cm³/mol. The summed E-state index contributed by atoms with van der Waals surface area (Å²) in [6, 6.07) is 1.85. The molecule has 7 heteroatoms. The second-order valence-electron chi connectivity index (χ2n) is 8.31. The molecule has 0 spiro atoms. The van der Waals surface area contributed by atoms with Crippen LogP contribution in [0.5, 0.6) is 11.5 Å². The van der Waals surface area contributed by atoms with Crippen LogP contribution in [0.4, 0.5) is 0 Å². The summed E-state index contributed by atoms with van der Waals surface area (Å²) in [6.45, 7) is 6.19. The zero-order chi connectivity index (χ0) is 21.5. The Hall–Kier alpha value is -2.47. The van der Waals surface area contributed by atoms with E-state index in [9.17, 15) is 4.79 Å². The number of nitrogens with zero attached hydrogens (tertiary/aromatic N) is 1. The molecule has 160 valence electrons. The molecule has 2 aromatic rings. The van der Waals surface area contributed by atoms with Gasteiger partial charge in [0.15, 0.2) is 0 Å². The van der Waals surface area contributed by atoms with E-state index in [1.165, 1.54) is 17.3 Å². The minimum absolute atomic E-state index is 0.0393. The van der Waals surface area contributed by atoms with E-state index < -0.39 is 0 Å². The Kier molecular flexibility index (Phi) is 5.53. The maximum absolute atomic E-state index is 11.6. The third kappa shape index (κ3) is 3.47. The molecule has 1 aromatic heterocycles. The Bertz CT molecular complexity index is 966. The van der Waals surface area contributed by atoms with Crippen LogP contribution in [0.25, 0.3) is 0 Å². The Balaban J connectivity index is 1.61. The molecule has 4 rings (SSSR count). The first-order valence-electron chi connectivity index (χ1n) is 10.3. The summed E-state index contributed by atoms with van der Waals surface area (Å²) in [6.07, 6.45) is 6.15. The zero-order valence-electron chi connectivity index (χ0n) is 17.7. The summed E-state index contributed by atoms with van der Waals surface area (Å²) in [4.78, 5) is 11.6. The SMILES string of the molecule is C=CC(=O)NCC1(c2n[nH]c3c2CCC(c2c(C)c(OC)cc(OC)c2Cl)C3)CC1. The first kappa shape index (κ1) is 20.8. The lowest BCUT2D eigenvalue weighted by molar-refractivity contribution is -0.116. The highest BCUT2D eigenvalue weighted by molar-refractivity contribution is 6.33. The molecule has 1 aromatic carbocycles. The van der Waals surface area contributed by atoms with Crippen molar-refractivity contribution < 1.29 is 14.3 Å². The number of nitrogens with one attached hydrogen (secondary N) is 2. The fourth-order valence-corrected chi connectivity index (χ4v) is 5.16. The lowest BCUT2D eigenvalue weighted by Crippen LogP contribution is -2.32. The summed E-state index contributed by atoms with van der Waals surface area (Å²) in [5.41, 5.74) is 5.70. The van der Waals surface area contributed by atoms with Crippen molar-refractivity contribution in [1.82, 2.24) is 15.5 Å². The van der Waals surface area contributed by atoms with Crippen LogP contribution in [-0.2, 0) is 23.1 Å². The van der Waals surface area contributed by atoms with Crippen LogP contribution in [0.3, 0.4) is 0 Å². The van der Waals surface area contributed by atoms with Crippen LogP contribution in [0, 0.1) is 6.92 Å². The fourth-order valence-electron chi connectivity index (χ4n) is 4.73. The minimum Gasteiger partial charge on any atom is -0.496 e. The molecule has 0 bridgehead atoms. The van der Waals surface area contributed by atoms with E-state index in [4.69, 9.17) is 26.2 Å². The molecule has 2 aliphatic rings. The highest BCUT2D eigenvalue weighted by Gasteiger charge is 2.48. The van der Waals surface area contributed by atoms with E-state index in [0.717, 1.165) is 54.7 Å². The van der Waals surface area contributed by atoms with Crippen molar-refractivity contribution in [1.29, 1.82) is 0 Å². The standard InChI is InChI=1S/C23H28ClN3O3/c1-5-19(28)25-12-23(8-9-23)22-15-7-6-14(10-16(15)26-27-22)20-13(2)17(29-3)11-18(30-4)21(20)24/h5,11,14H,1,6-10,12H2,2-4H3,(H,25,28)(H,26,27). The van der Waals surface area contributed by atoms with Crippen molar-refractivity contribution in [2.24, 2.45) is 0 Å². The van der Waals surface area contributed by atoms with Gasteiger partial charge in [0.2, 0.25) is 5.91 Å². The Morgan fingerprint density at radius 3 is 2.77 bits per heavy atom. The number of ether oxygens (including phenoxy) is 2. The molecule has 0 saturated heterocycles. The molecule has 0 aliphatic heterocycles. The third-order valence-corrected chi connectivity index (χ3v) is 7.01. The number of carbonyl (C=O) groups excluding carboxylic acids is 1. The number of halogens is 1. The van der Waals surface area contributed by atoms with Crippen LogP contribution in [0.1, 0.15) is 53.3 Å². The second-order valence-corrected chi connectivity index (χ2v) is 8.68. The number of rotatable bonds is 7. The average Bonchev–Trinajstić information content (AvgIpc) is 3.42. The molecule has 6 nitrogen and oxygen atoms in total. The first-order chi connectivity index (χ1) is 14.4. The molecular formula is C23H28ClN3O3. The van der Waals surface area contributed by atoms with Crippen molar-refractivity contribution in [2.45, 2.75) is 50.4 Å². The van der Waals surface area contributed by atoms with E-state index in [-0.39, 0.29) is 17.2 Å². The predicted octanol–water partition coefficient (Wildman–Crippen LogP) is 4.00. The van der Waals surface area contributed by atoms with E-state index >= 15 is 0 Å². The highest BCUT2D eigenvalue weighted by Crippen LogP contribution is 2.51. The van der Waals surface area contributed by atoms with Crippen molar-refractivity contribution in [3.8, 4) is 11.5 Å². The van der Waals surface area contributed by atoms with E-state index in [1.807, 2.05) is 6.07 Å². The van der Waals surface area contributed by atoms with Gasteiger partial charge in [-0.15, -0.1) is 0 Å². The smallest absolute Gasteiger partial charge is 0.243 e. The van der Waals surface area contributed by atoms with E-state index in [0.29, 0.717) is 17.3 Å². The molecule has 1 atom stereocenters. The maximum atomic E-state index is 11.6. The van der Waals surface area contributed by atoms with Crippen molar-refractivity contribution >= 4 is 17.5 Å². The number of hydrogen-bond acceptors (Lipinski definition) is 4. The van der Waals surface area contributed by atoms with Gasteiger partial charge in [0.05, 0.1) is 24.9 Å². The topological polar surface area (TPSA) is 76.2 Å². The largest absolute Gasteiger partial charge is 0.496 e.